The van der Waals surface area contributed by atoms with Crippen LogP contribution in [0.2, 0.25) is 0 Å². The average Bonchev–Trinajstić information content (AvgIpc) is 2.99. The molecule has 0 aliphatic carbocycles. The van der Waals surface area contributed by atoms with E-state index in [9.17, 15) is 50.8 Å². The minimum absolute atomic E-state index is 0.0426. The number of hydrogen-bond donors (Lipinski definition) is 9. The zero-order valence-electron chi connectivity index (χ0n) is 23.7. The van der Waals surface area contributed by atoms with Crippen molar-refractivity contribution in [1.82, 2.24) is 0 Å². The fourth-order valence-electron chi connectivity index (χ4n) is 4.94. The molecule has 2 heterocycles. The molecule has 2 aliphatic rings. The number of aliphatic hydroxyl groups is 5. The Morgan fingerprint density at radius 2 is 1.55 bits per heavy atom. The summed E-state index contributed by atoms with van der Waals surface area (Å²) in [5.74, 6) is -2.78. The Hall–Kier alpha value is -3.51. The van der Waals surface area contributed by atoms with Crippen LogP contribution in [0.1, 0.15) is 25.0 Å². The van der Waals surface area contributed by atoms with Crippen molar-refractivity contribution in [2.45, 2.75) is 74.8 Å². The van der Waals surface area contributed by atoms with E-state index in [4.69, 9.17) is 23.7 Å². The molecule has 0 bridgehead atoms. The minimum atomic E-state index is -2.46. The molecule has 2 saturated heterocycles. The Bertz CT molecular complexity index is 1330. The number of phenols is 4. The Labute approximate surface area is 251 Å². The van der Waals surface area contributed by atoms with Gasteiger partial charge in [0.2, 0.25) is 0 Å². The van der Waals surface area contributed by atoms with E-state index in [1.54, 1.807) is 6.92 Å². The lowest BCUT2D eigenvalue weighted by molar-refractivity contribution is -0.387. The smallest absolute Gasteiger partial charge is 0.330 e. The summed E-state index contributed by atoms with van der Waals surface area (Å²) in [6, 6.07) is 7.13. The molecule has 0 unspecified atom stereocenters. The van der Waals surface area contributed by atoms with Gasteiger partial charge in [0.1, 0.15) is 43.2 Å². The number of esters is 1. The zero-order valence-corrected chi connectivity index (χ0v) is 23.7. The summed E-state index contributed by atoms with van der Waals surface area (Å²) in [7, 11) is 0. The maximum Gasteiger partial charge on any atom is 0.330 e. The lowest BCUT2D eigenvalue weighted by Gasteiger charge is -2.51. The second kappa shape index (κ2) is 13.6. The second-order valence-electron chi connectivity index (χ2n) is 10.4. The highest BCUT2D eigenvalue weighted by molar-refractivity contribution is 5.87. The molecule has 2 aromatic rings. The van der Waals surface area contributed by atoms with Crippen molar-refractivity contribution in [2.24, 2.45) is 0 Å². The Kier molecular flexibility index (Phi) is 10.3. The molecular formula is C29H36O15. The van der Waals surface area contributed by atoms with Gasteiger partial charge in [-0.15, -0.1) is 0 Å². The first kappa shape index (κ1) is 33.4. The maximum absolute atomic E-state index is 12.5. The van der Waals surface area contributed by atoms with Gasteiger partial charge in [0.05, 0.1) is 6.10 Å². The SMILES string of the molecule is CCO[C@@H]1O[C@H](COC(=O)C=Cc2ccc(O)c(O)c2)[C@@H](O)[C@H](O[C@@H]2O[C@@H](C)[C@H](O)[C@@H](O)[C@H]2O)[C@]1(O)c1ccc(O)c(O)c1. The van der Waals surface area contributed by atoms with Crippen molar-refractivity contribution in [3.63, 3.8) is 0 Å². The number of hydrogen-bond acceptors (Lipinski definition) is 15. The highest BCUT2D eigenvalue weighted by Gasteiger charge is 2.60. The van der Waals surface area contributed by atoms with Gasteiger partial charge in [-0.2, -0.15) is 0 Å². The van der Waals surface area contributed by atoms with Crippen LogP contribution in [0.3, 0.4) is 0 Å². The quantitative estimate of drug-likeness (QED) is 0.0950. The molecule has 15 heteroatoms. The summed E-state index contributed by atoms with van der Waals surface area (Å²) in [6.07, 6.45) is -12.2. The van der Waals surface area contributed by atoms with E-state index >= 15 is 0 Å². The summed E-state index contributed by atoms with van der Waals surface area (Å²) in [5.41, 5.74) is -2.24. The number of ether oxygens (including phenoxy) is 5. The molecule has 15 nitrogen and oxygen atoms in total. The number of benzene rings is 2. The van der Waals surface area contributed by atoms with Crippen LogP contribution in [0.5, 0.6) is 23.0 Å². The van der Waals surface area contributed by atoms with Crippen LogP contribution >= 0.6 is 0 Å². The summed E-state index contributed by atoms with van der Waals surface area (Å²) >= 11 is 0. The summed E-state index contributed by atoms with van der Waals surface area (Å²) in [6.45, 7) is 2.34. The van der Waals surface area contributed by atoms with Gasteiger partial charge in [-0.25, -0.2) is 4.79 Å². The molecule has 2 aliphatic heterocycles. The molecule has 9 N–H and O–H groups in total. The first-order valence-electron chi connectivity index (χ1n) is 13.7. The molecule has 4 rings (SSSR count). The predicted molar refractivity (Wildman–Crippen MR) is 147 cm³/mol. The summed E-state index contributed by atoms with van der Waals surface area (Å²) in [5, 5.41) is 93.6. The molecule has 10 atom stereocenters. The van der Waals surface area contributed by atoms with E-state index in [0.29, 0.717) is 5.56 Å². The molecule has 0 radical (unpaired) electrons. The van der Waals surface area contributed by atoms with Gasteiger partial charge in [-0.05, 0) is 55.3 Å². The third-order valence-electron chi connectivity index (χ3n) is 7.43. The van der Waals surface area contributed by atoms with Crippen LogP contribution < -0.4 is 0 Å². The van der Waals surface area contributed by atoms with Crippen LogP contribution in [-0.2, 0) is 34.1 Å². The van der Waals surface area contributed by atoms with Crippen molar-refractivity contribution >= 4 is 12.0 Å². The van der Waals surface area contributed by atoms with Gasteiger partial charge in [0, 0.05) is 12.7 Å². The molecular weight excluding hydrogens is 588 g/mol. The van der Waals surface area contributed by atoms with Gasteiger partial charge in [0.25, 0.3) is 0 Å². The Morgan fingerprint density at radius 3 is 2.18 bits per heavy atom. The second-order valence-corrected chi connectivity index (χ2v) is 10.4. The third kappa shape index (κ3) is 6.76. The van der Waals surface area contributed by atoms with Crippen molar-refractivity contribution in [1.29, 1.82) is 0 Å². The van der Waals surface area contributed by atoms with Crippen molar-refractivity contribution in [3.8, 4) is 23.0 Å². The zero-order chi connectivity index (χ0) is 32.3. The number of rotatable bonds is 9. The van der Waals surface area contributed by atoms with Crippen molar-refractivity contribution < 1.29 is 74.4 Å². The fraction of sp³-hybridized carbons (Fsp3) is 0.483. The number of aromatic hydroxyl groups is 4. The van der Waals surface area contributed by atoms with E-state index in [1.807, 2.05) is 0 Å². The number of carbonyl (C=O) groups excluding carboxylic acids is 1. The molecule has 0 saturated carbocycles. The Morgan fingerprint density at radius 1 is 0.886 bits per heavy atom. The monoisotopic (exact) mass is 624 g/mol. The normalized spacial score (nSPS) is 34.2. The van der Waals surface area contributed by atoms with E-state index in [0.717, 1.165) is 18.2 Å². The van der Waals surface area contributed by atoms with Crippen molar-refractivity contribution in [3.05, 3.63) is 53.6 Å². The van der Waals surface area contributed by atoms with Crippen LogP contribution in [0.15, 0.2) is 42.5 Å². The highest BCUT2D eigenvalue weighted by atomic mass is 16.7. The Balaban J connectivity index is 1.62. The van der Waals surface area contributed by atoms with Crippen LogP contribution in [0.4, 0.5) is 0 Å². The molecule has 2 fully saturated rings. The number of carbonyl (C=O) groups is 1. The first-order chi connectivity index (χ1) is 20.8. The van der Waals surface area contributed by atoms with E-state index in [1.165, 1.54) is 37.3 Å². The van der Waals surface area contributed by atoms with Crippen LogP contribution in [0.25, 0.3) is 6.08 Å². The largest absolute Gasteiger partial charge is 0.504 e. The molecule has 0 aromatic heterocycles. The highest BCUT2D eigenvalue weighted by Crippen LogP contribution is 2.44. The van der Waals surface area contributed by atoms with Crippen LogP contribution in [-0.4, -0.2) is 120 Å². The predicted octanol–water partition coefficient (Wildman–Crippen LogP) is -0.712. The van der Waals surface area contributed by atoms with Gasteiger partial charge < -0.3 is 69.6 Å². The standard InChI is InChI=1S/C29H36O15/c1-3-40-28-29(39,15-6-8-17(31)19(33)11-15)26(44-27-25(38)24(37)22(35)13(2)42-27)23(36)20(43-28)12-41-21(34)9-5-14-4-7-16(30)18(32)10-14/h4-11,13,20,22-28,30-33,35-39H,3,12H2,1-2H3/t13-,20+,22-,23+,24+,25+,26-,27-,28+,29+/m0/s1. The first-order valence-corrected chi connectivity index (χ1v) is 13.7. The van der Waals surface area contributed by atoms with Gasteiger partial charge in [0.15, 0.2) is 41.2 Å². The summed E-state index contributed by atoms with van der Waals surface area (Å²) in [4.78, 5) is 12.5. The van der Waals surface area contributed by atoms with Crippen LogP contribution in [0, 0.1) is 0 Å². The lowest BCUT2D eigenvalue weighted by Crippen LogP contribution is -2.68. The third-order valence-corrected chi connectivity index (χ3v) is 7.43. The molecule has 44 heavy (non-hydrogen) atoms. The van der Waals surface area contributed by atoms with E-state index in [2.05, 4.69) is 0 Å². The van der Waals surface area contributed by atoms with Gasteiger partial charge >= 0.3 is 5.97 Å². The topological polar surface area (TPSA) is 245 Å². The minimum Gasteiger partial charge on any atom is -0.504 e. The lowest BCUT2D eigenvalue weighted by atomic mass is 9.80. The molecule has 0 spiro atoms. The maximum atomic E-state index is 12.5. The molecule has 242 valence electrons. The molecule has 2 aromatic carbocycles. The summed E-state index contributed by atoms with van der Waals surface area (Å²) < 4.78 is 28.1. The van der Waals surface area contributed by atoms with Crippen molar-refractivity contribution in [2.75, 3.05) is 13.2 Å². The molecule has 0 amide bonds. The van der Waals surface area contributed by atoms with E-state index in [-0.39, 0.29) is 17.9 Å². The average molecular weight is 625 g/mol. The number of phenolic OH excluding ortho intramolecular Hbond substituents is 4. The number of aliphatic hydroxyl groups excluding tert-OH is 4. The van der Waals surface area contributed by atoms with Gasteiger partial charge in [-0.1, -0.05) is 12.1 Å². The van der Waals surface area contributed by atoms with E-state index < -0.39 is 90.7 Å². The fourth-order valence-corrected chi connectivity index (χ4v) is 4.94. The van der Waals surface area contributed by atoms with Gasteiger partial charge in [-0.3, -0.25) is 0 Å².